The van der Waals surface area contributed by atoms with Crippen molar-refractivity contribution in [3.63, 3.8) is 0 Å². The molecule has 0 aliphatic carbocycles. The molecule has 0 N–H and O–H groups in total. The predicted octanol–water partition coefficient (Wildman–Crippen LogP) is 6.46. The molecule has 32 heavy (non-hydrogen) atoms. The highest BCUT2D eigenvalue weighted by molar-refractivity contribution is 6.74. The average molecular weight is 474 g/mol. The maximum Gasteiger partial charge on any atom is 0.148 e. The van der Waals surface area contributed by atoms with E-state index in [0.29, 0.717) is 18.3 Å². The number of anilines is 2. The van der Waals surface area contributed by atoms with Crippen molar-refractivity contribution in [2.45, 2.75) is 38.9 Å². The van der Waals surface area contributed by atoms with Crippen LogP contribution in [-0.2, 0) is 4.43 Å². The van der Waals surface area contributed by atoms with Crippen molar-refractivity contribution >= 4 is 42.3 Å². The summed E-state index contributed by atoms with van der Waals surface area (Å²) in [6.07, 6.45) is 1.56. The fourth-order valence-corrected chi connectivity index (χ4v) is 4.28. The largest absolute Gasteiger partial charge is 0.563 e. The molecule has 0 fully saturated rings. The van der Waals surface area contributed by atoms with Gasteiger partial charge in [-0.2, -0.15) is 0 Å². The molecule has 0 bridgehead atoms. The van der Waals surface area contributed by atoms with E-state index < -0.39 is 8.32 Å². The summed E-state index contributed by atoms with van der Waals surface area (Å²) < 4.78 is 17.5. The second-order valence-corrected chi connectivity index (χ2v) is 14.4. The lowest BCUT2D eigenvalue weighted by atomic mass is 10.2. The summed E-state index contributed by atoms with van der Waals surface area (Å²) in [5.41, 5.74) is 3.43. The Hall–Kier alpha value is -2.35. The van der Waals surface area contributed by atoms with Crippen molar-refractivity contribution in [2.24, 2.45) is 0 Å². The van der Waals surface area contributed by atoms with Crippen molar-refractivity contribution < 1.29 is 13.9 Å². The summed E-state index contributed by atoms with van der Waals surface area (Å²) in [6, 6.07) is 11.8. The zero-order valence-electron chi connectivity index (χ0n) is 19.9. The molecule has 0 spiro atoms. The SMILES string of the molecule is COc1cc(OC)cc(N(CCO[Si-](C)(C)C(C)(C)C)c2ccc3ncc(Cl)nc3c2)c1. The molecule has 0 amide bonds. The van der Waals surface area contributed by atoms with E-state index in [1.165, 1.54) is 0 Å². The van der Waals surface area contributed by atoms with Gasteiger partial charge in [-0.3, -0.25) is 4.98 Å². The lowest BCUT2D eigenvalue weighted by Crippen LogP contribution is -2.42. The zero-order chi connectivity index (χ0) is 23.5. The molecule has 173 valence electrons. The fraction of sp³-hybridized carbons (Fsp3) is 0.417. The number of rotatable bonds is 8. The van der Waals surface area contributed by atoms with E-state index >= 15 is 0 Å². The molecule has 3 aromatic rings. The van der Waals surface area contributed by atoms with Crippen molar-refractivity contribution in [3.8, 4) is 11.5 Å². The van der Waals surface area contributed by atoms with Crippen LogP contribution < -0.4 is 14.4 Å². The van der Waals surface area contributed by atoms with Gasteiger partial charge in [0, 0.05) is 42.7 Å². The van der Waals surface area contributed by atoms with E-state index in [-0.39, 0.29) is 5.04 Å². The molecule has 3 rings (SSSR count). The van der Waals surface area contributed by atoms with Gasteiger partial charge in [-0.15, -0.1) is 18.1 Å². The number of hydrogen-bond donors (Lipinski definition) is 0. The molecule has 2 aromatic carbocycles. The summed E-state index contributed by atoms with van der Waals surface area (Å²) in [5.74, 6) is 1.44. The molecule has 0 radical (unpaired) electrons. The second kappa shape index (κ2) is 9.64. The van der Waals surface area contributed by atoms with Gasteiger partial charge < -0.3 is 18.8 Å². The van der Waals surface area contributed by atoms with Gasteiger partial charge >= 0.3 is 0 Å². The van der Waals surface area contributed by atoms with Gasteiger partial charge in [0.25, 0.3) is 0 Å². The van der Waals surface area contributed by atoms with Gasteiger partial charge in [-0.1, -0.05) is 32.4 Å². The Balaban J connectivity index is 2.00. The molecular weight excluding hydrogens is 442 g/mol. The second-order valence-electron chi connectivity index (χ2n) is 9.20. The monoisotopic (exact) mass is 473 g/mol. The molecule has 0 aliphatic rings. The Morgan fingerprint density at radius 3 is 2.19 bits per heavy atom. The Bertz CT molecular complexity index is 1060. The Kier molecular flexibility index (Phi) is 7.32. The van der Waals surface area contributed by atoms with E-state index in [0.717, 1.165) is 33.9 Å². The van der Waals surface area contributed by atoms with Crippen LogP contribution in [0.3, 0.4) is 0 Å². The van der Waals surface area contributed by atoms with E-state index in [2.05, 4.69) is 48.7 Å². The van der Waals surface area contributed by atoms with Crippen molar-refractivity contribution in [3.05, 3.63) is 47.7 Å². The standard InChI is InChI=1S/C24H32ClN3O3Si/c1-24(2,3)32(6,7)31-11-10-28(18-12-19(29-4)15-20(13-18)30-5)17-8-9-21-22(14-17)27-23(25)16-26-21/h8-9,12-16H,10-11H2,1-7H3/q-1. The van der Waals surface area contributed by atoms with E-state index in [9.17, 15) is 0 Å². The first-order chi connectivity index (χ1) is 15.0. The summed E-state index contributed by atoms with van der Waals surface area (Å²) in [7, 11) is 1.42. The van der Waals surface area contributed by atoms with Crippen LogP contribution in [0.25, 0.3) is 11.0 Å². The third-order valence-electron chi connectivity index (χ3n) is 6.04. The van der Waals surface area contributed by atoms with Crippen LogP contribution in [0.1, 0.15) is 20.8 Å². The highest BCUT2D eigenvalue weighted by atomic mass is 35.5. The summed E-state index contributed by atoms with van der Waals surface area (Å²) >= 11 is 6.09. The number of hydrogen-bond acceptors (Lipinski definition) is 6. The molecule has 1 heterocycles. The minimum atomic E-state index is -1.88. The first kappa shape index (κ1) is 24.3. The van der Waals surface area contributed by atoms with E-state index in [1.807, 2.05) is 36.4 Å². The maximum atomic E-state index is 6.47. The lowest BCUT2D eigenvalue weighted by Gasteiger charge is -2.48. The highest BCUT2D eigenvalue weighted by Crippen LogP contribution is 2.37. The molecule has 8 heteroatoms. The van der Waals surface area contributed by atoms with Crippen molar-refractivity contribution in [1.29, 1.82) is 0 Å². The van der Waals surface area contributed by atoms with Gasteiger partial charge in [-0.25, -0.2) is 4.98 Å². The lowest BCUT2D eigenvalue weighted by molar-refractivity contribution is 0.297. The highest BCUT2D eigenvalue weighted by Gasteiger charge is 2.25. The summed E-state index contributed by atoms with van der Waals surface area (Å²) in [4.78, 5) is 11.0. The first-order valence-electron chi connectivity index (χ1n) is 10.6. The number of halogens is 1. The van der Waals surface area contributed by atoms with Gasteiger partial charge in [0.05, 0.1) is 31.4 Å². The van der Waals surface area contributed by atoms with Gasteiger partial charge in [0.1, 0.15) is 16.7 Å². The third kappa shape index (κ3) is 5.52. The third-order valence-corrected chi connectivity index (χ3v) is 10.8. The molecule has 6 nitrogen and oxygen atoms in total. The van der Waals surface area contributed by atoms with Crippen LogP contribution in [0.4, 0.5) is 11.4 Å². The van der Waals surface area contributed by atoms with Crippen LogP contribution in [-0.4, -0.2) is 45.7 Å². The number of nitrogens with zero attached hydrogens (tertiary/aromatic N) is 3. The Morgan fingerprint density at radius 1 is 0.938 bits per heavy atom. The van der Waals surface area contributed by atoms with Crippen LogP contribution in [0.5, 0.6) is 11.5 Å². The van der Waals surface area contributed by atoms with Crippen LogP contribution in [0.15, 0.2) is 42.6 Å². The van der Waals surface area contributed by atoms with Gasteiger partial charge in [0.15, 0.2) is 0 Å². The quantitative estimate of drug-likeness (QED) is 0.350. The fourth-order valence-electron chi connectivity index (χ4n) is 3.11. The van der Waals surface area contributed by atoms with Crippen LogP contribution >= 0.6 is 11.6 Å². The number of aromatic nitrogens is 2. The Morgan fingerprint density at radius 2 is 1.59 bits per heavy atom. The topological polar surface area (TPSA) is 56.7 Å². The summed E-state index contributed by atoms with van der Waals surface area (Å²) in [5, 5.41) is 0.511. The van der Waals surface area contributed by atoms with Gasteiger partial charge in [-0.05, 0) is 26.5 Å². The number of fused-ring (bicyclic) bond motifs is 1. The minimum absolute atomic E-state index is 0.145. The molecule has 0 atom stereocenters. The maximum absolute atomic E-state index is 6.47. The summed E-state index contributed by atoms with van der Waals surface area (Å²) in [6.45, 7) is 12.5. The van der Waals surface area contributed by atoms with Crippen LogP contribution in [0, 0.1) is 0 Å². The van der Waals surface area contributed by atoms with Crippen LogP contribution in [0.2, 0.25) is 23.3 Å². The smallest absolute Gasteiger partial charge is 0.148 e. The van der Waals surface area contributed by atoms with Gasteiger partial charge in [0.2, 0.25) is 0 Å². The number of methoxy groups -OCH3 is 2. The van der Waals surface area contributed by atoms with Crippen molar-refractivity contribution in [2.75, 3.05) is 32.3 Å². The normalized spacial score (nSPS) is 12.1. The zero-order valence-corrected chi connectivity index (χ0v) is 21.7. The average Bonchev–Trinajstić information content (AvgIpc) is 2.75. The molecule has 1 aromatic heterocycles. The first-order valence-corrected chi connectivity index (χ1v) is 13.9. The van der Waals surface area contributed by atoms with E-state index in [4.69, 9.17) is 25.5 Å². The molecule has 0 aliphatic heterocycles. The molecular formula is C24H32ClN3O3Si-. The van der Waals surface area contributed by atoms with E-state index in [1.54, 1.807) is 20.4 Å². The Labute approximate surface area is 196 Å². The molecule has 0 saturated carbocycles. The number of benzene rings is 2. The molecule has 0 saturated heterocycles. The minimum Gasteiger partial charge on any atom is -0.563 e. The molecule has 0 unspecified atom stereocenters. The number of ether oxygens (including phenoxy) is 2. The predicted molar refractivity (Wildman–Crippen MR) is 134 cm³/mol. The van der Waals surface area contributed by atoms with Crippen molar-refractivity contribution in [1.82, 2.24) is 9.97 Å².